The molecule has 1 aromatic carbocycles. The fourth-order valence-electron chi connectivity index (χ4n) is 1.97. The Hall–Kier alpha value is -0.330. The topological polar surface area (TPSA) is 49.4 Å². The van der Waals surface area contributed by atoms with E-state index in [-0.39, 0.29) is 16.0 Å². The Morgan fingerprint density at radius 1 is 1.33 bits per heavy atom. The molecule has 1 heterocycles. The minimum absolute atomic E-state index is 0.189. The van der Waals surface area contributed by atoms with Crippen molar-refractivity contribution in [3.63, 3.8) is 0 Å². The molecular weight excluding hydrogens is 295 g/mol. The van der Waals surface area contributed by atoms with Gasteiger partial charge in [-0.3, -0.25) is 0 Å². The van der Waals surface area contributed by atoms with Gasteiger partial charge in [0.25, 0.3) is 0 Å². The normalized spacial score (nSPS) is 21.4. The van der Waals surface area contributed by atoms with Crippen molar-refractivity contribution in [1.82, 2.24) is 9.62 Å². The lowest BCUT2D eigenvalue weighted by molar-refractivity contribution is 0.464. The van der Waals surface area contributed by atoms with Crippen LogP contribution in [0.25, 0.3) is 0 Å². The van der Waals surface area contributed by atoms with E-state index in [0.717, 1.165) is 6.42 Å². The van der Waals surface area contributed by atoms with Gasteiger partial charge in [0.2, 0.25) is 10.0 Å². The van der Waals surface area contributed by atoms with Crippen LogP contribution in [0.5, 0.6) is 0 Å². The van der Waals surface area contributed by atoms with Crippen molar-refractivity contribution in [3.05, 3.63) is 28.2 Å². The summed E-state index contributed by atoms with van der Waals surface area (Å²) in [7, 11) is -1.64. The van der Waals surface area contributed by atoms with Gasteiger partial charge in [0.05, 0.1) is 14.9 Å². The van der Waals surface area contributed by atoms with Gasteiger partial charge < -0.3 is 5.32 Å². The number of hydrogen-bond donors (Lipinski definition) is 1. The van der Waals surface area contributed by atoms with E-state index in [1.165, 1.54) is 22.5 Å². The van der Waals surface area contributed by atoms with Crippen LogP contribution in [0.3, 0.4) is 0 Å². The highest BCUT2D eigenvalue weighted by Gasteiger charge is 2.31. The Kier molecular flexibility index (Phi) is 4.18. The van der Waals surface area contributed by atoms with E-state index in [2.05, 4.69) is 5.32 Å². The van der Waals surface area contributed by atoms with Crippen LogP contribution in [0.2, 0.25) is 10.0 Å². The third kappa shape index (κ3) is 2.65. The number of benzene rings is 1. The van der Waals surface area contributed by atoms with E-state index in [4.69, 9.17) is 23.2 Å². The predicted octanol–water partition coefficient (Wildman–Crippen LogP) is 1.98. The van der Waals surface area contributed by atoms with Crippen LogP contribution in [0.4, 0.5) is 0 Å². The van der Waals surface area contributed by atoms with E-state index in [0.29, 0.717) is 18.1 Å². The number of likely N-dealkylation sites (N-methyl/N-ethyl adjacent to an activating group) is 1. The van der Waals surface area contributed by atoms with Gasteiger partial charge in [0.1, 0.15) is 0 Å². The van der Waals surface area contributed by atoms with Crippen LogP contribution in [0.1, 0.15) is 6.42 Å². The summed E-state index contributed by atoms with van der Waals surface area (Å²) in [6, 6.07) is 4.59. The summed E-state index contributed by atoms with van der Waals surface area (Å²) < 4.78 is 26.2. The van der Waals surface area contributed by atoms with Gasteiger partial charge in [-0.2, -0.15) is 4.31 Å². The van der Waals surface area contributed by atoms with Crippen molar-refractivity contribution in [2.24, 2.45) is 0 Å². The minimum Gasteiger partial charge on any atom is -0.316 e. The van der Waals surface area contributed by atoms with Crippen LogP contribution in [0.15, 0.2) is 23.1 Å². The van der Waals surface area contributed by atoms with E-state index in [9.17, 15) is 8.42 Å². The maximum Gasteiger partial charge on any atom is 0.243 e. The molecule has 0 unspecified atom stereocenters. The first-order valence-corrected chi connectivity index (χ1v) is 7.77. The van der Waals surface area contributed by atoms with E-state index < -0.39 is 10.0 Å². The lowest BCUT2D eigenvalue weighted by Crippen LogP contribution is -2.33. The highest BCUT2D eigenvalue weighted by atomic mass is 35.5. The second-order valence-corrected chi connectivity index (χ2v) is 6.97. The molecule has 0 aromatic heterocycles. The first-order valence-electron chi connectivity index (χ1n) is 5.57. The van der Waals surface area contributed by atoms with Crippen molar-refractivity contribution in [3.8, 4) is 0 Å². The largest absolute Gasteiger partial charge is 0.316 e. The van der Waals surface area contributed by atoms with Gasteiger partial charge >= 0.3 is 0 Å². The number of sulfonamides is 1. The second kappa shape index (κ2) is 5.35. The highest BCUT2D eigenvalue weighted by molar-refractivity contribution is 7.89. The molecule has 0 radical (unpaired) electrons. The Bertz CT molecular complexity index is 548. The van der Waals surface area contributed by atoms with Crippen molar-refractivity contribution in [2.75, 3.05) is 20.1 Å². The third-order valence-corrected chi connectivity index (χ3v) is 5.69. The molecule has 100 valence electrons. The van der Waals surface area contributed by atoms with Crippen molar-refractivity contribution < 1.29 is 8.42 Å². The SMILES string of the molecule is CN[C@H]1CCN(S(=O)(=O)c2ccc(Cl)c(Cl)c2)C1. The number of halogens is 2. The van der Waals surface area contributed by atoms with Crippen molar-refractivity contribution in [2.45, 2.75) is 17.4 Å². The summed E-state index contributed by atoms with van der Waals surface area (Å²) >= 11 is 11.6. The lowest BCUT2D eigenvalue weighted by Gasteiger charge is -2.16. The van der Waals surface area contributed by atoms with E-state index in [1.807, 2.05) is 7.05 Å². The fourth-order valence-corrected chi connectivity index (χ4v) is 3.86. The molecule has 4 nitrogen and oxygen atoms in total. The monoisotopic (exact) mass is 308 g/mol. The van der Waals surface area contributed by atoms with Crippen LogP contribution >= 0.6 is 23.2 Å². The summed E-state index contributed by atoms with van der Waals surface area (Å²) in [4.78, 5) is 0.189. The highest BCUT2D eigenvalue weighted by Crippen LogP contribution is 2.27. The summed E-state index contributed by atoms with van der Waals surface area (Å²) in [6.07, 6.45) is 0.817. The number of hydrogen-bond acceptors (Lipinski definition) is 3. The Morgan fingerprint density at radius 3 is 2.61 bits per heavy atom. The smallest absolute Gasteiger partial charge is 0.243 e. The summed E-state index contributed by atoms with van der Waals surface area (Å²) in [6.45, 7) is 1.01. The molecule has 0 aliphatic carbocycles. The molecule has 1 atom stereocenters. The molecule has 0 amide bonds. The number of nitrogens with zero attached hydrogens (tertiary/aromatic N) is 1. The molecule has 1 aromatic rings. The standard InChI is InChI=1S/C11H14Cl2N2O2S/c1-14-8-4-5-15(7-8)18(16,17)9-2-3-10(12)11(13)6-9/h2-3,6,8,14H,4-5,7H2,1H3/t8-/m0/s1. The van der Waals surface area contributed by atoms with Gasteiger partial charge in [-0.15, -0.1) is 0 Å². The quantitative estimate of drug-likeness (QED) is 0.929. The molecule has 1 aliphatic heterocycles. The van der Waals surface area contributed by atoms with Gasteiger partial charge in [-0.25, -0.2) is 8.42 Å². The Labute approximate surface area is 117 Å². The van der Waals surface area contributed by atoms with Crippen molar-refractivity contribution in [1.29, 1.82) is 0 Å². The average molecular weight is 309 g/mol. The predicted molar refractivity (Wildman–Crippen MR) is 72.7 cm³/mol. The number of nitrogens with one attached hydrogen (secondary N) is 1. The molecule has 18 heavy (non-hydrogen) atoms. The van der Waals surface area contributed by atoms with Crippen LogP contribution in [-0.2, 0) is 10.0 Å². The molecule has 0 spiro atoms. The summed E-state index contributed by atoms with van der Waals surface area (Å²) in [5, 5.41) is 3.69. The molecule has 2 rings (SSSR count). The third-order valence-electron chi connectivity index (χ3n) is 3.09. The first-order chi connectivity index (χ1) is 8.45. The molecule has 0 bridgehead atoms. The maximum absolute atomic E-state index is 12.4. The minimum atomic E-state index is -3.47. The van der Waals surface area contributed by atoms with Gasteiger partial charge in [0.15, 0.2) is 0 Å². The first kappa shape index (κ1) is 14.1. The molecule has 1 fully saturated rings. The Morgan fingerprint density at radius 2 is 2.06 bits per heavy atom. The fraction of sp³-hybridized carbons (Fsp3) is 0.455. The molecular formula is C11H14Cl2N2O2S. The molecule has 0 saturated carbocycles. The summed E-state index contributed by atoms with van der Waals surface area (Å²) in [5.74, 6) is 0. The molecule has 1 aliphatic rings. The second-order valence-electron chi connectivity index (χ2n) is 4.21. The van der Waals surface area contributed by atoms with Gasteiger partial charge in [0, 0.05) is 19.1 Å². The zero-order chi connectivity index (χ0) is 13.3. The zero-order valence-electron chi connectivity index (χ0n) is 9.86. The van der Waals surface area contributed by atoms with Crippen molar-refractivity contribution >= 4 is 33.2 Å². The molecule has 1 saturated heterocycles. The van der Waals surface area contributed by atoms with E-state index in [1.54, 1.807) is 0 Å². The van der Waals surface area contributed by atoms with Gasteiger partial charge in [-0.1, -0.05) is 23.2 Å². The zero-order valence-corrected chi connectivity index (χ0v) is 12.2. The Balaban J connectivity index is 2.28. The van der Waals surface area contributed by atoms with Crippen LogP contribution in [0, 0.1) is 0 Å². The van der Waals surface area contributed by atoms with Crippen LogP contribution in [-0.4, -0.2) is 38.9 Å². The summed E-state index contributed by atoms with van der Waals surface area (Å²) in [5.41, 5.74) is 0. The van der Waals surface area contributed by atoms with E-state index >= 15 is 0 Å². The average Bonchev–Trinajstić information content (AvgIpc) is 2.81. The maximum atomic E-state index is 12.4. The van der Waals surface area contributed by atoms with Crippen LogP contribution < -0.4 is 5.32 Å². The lowest BCUT2D eigenvalue weighted by atomic mass is 10.3. The van der Waals surface area contributed by atoms with Gasteiger partial charge in [-0.05, 0) is 31.7 Å². The molecule has 1 N–H and O–H groups in total. The molecule has 7 heteroatoms. The number of rotatable bonds is 3.